The highest BCUT2D eigenvalue weighted by Crippen LogP contribution is 2.25. The Labute approximate surface area is 134 Å². The molecule has 1 aliphatic rings. The third kappa shape index (κ3) is 3.72. The summed E-state index contributed by atoms with van der Waals surface area (Å²) in [5.74, 6) is 0.249. The fourth-order valence-electron chi connectivity index (χ4n) is 2.87. The molecule has 1 aliphatic carbocycles. The van der Waals surface area contributed by atoms with Crippen LogP contribution in [0.3, 0.4) is 0 Å². The molecule has 1 fully saturated rings. The number of nitrogens with zero attached hydrogens (tertiary/aromatic N) is 1. The lowest BCUT2D eigenvalue weighted by molar-refractivity contribution is 0.0871. The third-order valence-electron chi connectivity index (χ3n) is 4.06. The number of aliphatic hydroxyl groups is 1. The van der Waals surface area contributed by atoms with Gasteiger partial charge in [-0.2, -0.15) is 0 Å². The van der Waals surface area contributed by atoms with E-state index in [1.165, 1.54) is 11.3 Å². The van der Waals surface area contributed by atoms with Crippen LogP contribution in [0.2, 0.25) is 0 Å². The maximum absolute atomic E-state index is 12.2. The first kappa shape index (κ1) is 15.2. The van der Waals surface area contributed by atoms with Gasteiger partial charge >= 0.3 is 0 Å². The maximum Gasteiger partial charge on any atom is 0.270 e. The van der Waals surface area contributed by atoms with Crippen LogP contribution >= 0.6 is 11.3 Å². The number of carbonyl (C=O) groups is 1. The molecule has 116 valence electrons. The summed E-state index contributed by atoms with van der Waals surface area (Å²) in [4.78, 5) is 16.6. The summed E-state index contributed by atoms with van der Waals surface area (Å²) in [7, 11) is 0. The molecular weight excluding hydrogens is 296 g/mol. The molecular formula is C17H20N2O2S. The number of aliphatic hydroxyl groups excluding tert-OH is 1. The van der Waals surface area contributed by atoms with Crippen molar-refractivity contribution in [1.82, 2.24) is 10.3 Å². The monoisotopic (exact) mass is 316 g/mol. The minimum atomic E-state index is -0.209. The Morgan fingerprint density at radius 3 is 2.91 bits per heavy atom. The van der Waals surface area contributed by atoms with Gasteiger partial charge in [0.05, 0.1) is 6.10 Å². The number of amides is 1. The summed E-state index contributed by atoms with van der Waals surface area (Å²) < 4.78 is 0. The summed E-state index contributed by atoms with van der Waals surface area (Å²) in [6.07, 6.45) is 3.57. The Bertz CT molecular complexity index is 627. The van der Waals surface area contributed by atoms with Crippen LogP contribution in [-0.2, 0) is 0 Å². The van der Waals surface area contributed by atoms with Crippen LogP contribution in [0.4, 0.5) is 0 Å². The summed E-state index contributed by atoms with van der Waals surface area (Å²) >= 11 is 1.48. The van der Waals surface area contributed by atoms with Crippen LogP contribution in [0.25, 0.3) is 10.6 Å². The van der Waals surface area contributed by atoms with E-state index in [0.29, 0.717) is 18.2 Å². The molecule has 2 N–H and O–H groups in total. The van der Waals surface area contributed by atoms with Crippen molar-refractivity contribution in [2.45, 2.75) is 31.8 Å². The first-order valence-corrected chi connectivity index (χ1v) is 8.57. The highest BCUT2D eigenvalue weighted by Gasteiger charge is 2.21. The van der Waals surface area contributed by atoms with Gasteiger partial charge in [-0.25, -0.2) is 4.98 Å². The molecule has 3 rings (SSSR count). The standard InChI is InChI=1S/C17H20N2O2S/c20-14-8-4-5-12(9-14)10-18-16(21)15-11-22-17(19-15)13-6-2-1-3-7-13/h1-3,6-7,11-12,14,20H,4-5,8-10H2,(H,18,21). The second kappa shape index (κ2) is 7.03. The maximum atomic E-state index is 12.2. The molecule has 1 heterocycles. The van der Waals surface area contributed by atoms with Gasteiger partial charge < -0.3 is 10.4 Å². The van der Waals surface area contributed by atoms with Crippen molar-refractivity contribution in [2.24, 2.45) is 5.92 Å². The highest BCUT2D eigenvalue weighted by atomic mass is 32.1. The predicted molar refractivity (Wildman–Crippen MR) is 87.8 cm³/mol. The summed E-state index contributed by atoms with van der Waals surface area (Å²) in [5, 5.41) is 15.3. The molecule has 1 aromatic carbocycles. The van der Waals surface area contributed by atoms with E-state index in [-0.39, 0.29) is 12.0 Å². The Balaban J connectivity index is 1.58. The fraction of sp³-hybridized carbons (Fsp3) is 0.412. The first-order valence-electron chi connectivity index (χ1n) is 7.69. The van der Waals surface area contributed by atoms with Crippen LogP contribution in [0, 0.1) is 5.92 Å². The Morgan fingerprint density at radius 2 is 2.14 bits per heavy atom. The van der Waals surface area contributed by atoms with Gasteiger partial charge in [0.1, 0.15) is 10.7 Å². The smallest absolute Gasteiger partial charge is 0.270 e. The van der Waals surface area contributed by atoms with Gasteiger partial charge in [-0.3, -0.25) is 4.79 Å². The van der Waals surface area contributed by atoms with Crippen molar-refractivity contribution >= 4 is 17.2 Å². The SMILES string of the molecule is O=C(NCC1CCCC(O)C1)c1csc(-c2ccccc2)n1. The van der Waals surface area contributed by atoms with E-state index >= 15 is 0 Å². The molecule has 1 aromatic heterocycles. The quantitative estimate of drug-likeness (QED) is 0.911. The van der Waals surface area contributed by atoms with E-state index in [9.17, 15) is 9.90 Å². The highest BCUT2D eigenvalue weighted by molar-refractivity contribution is 7.13. The van der Waals surface area contributed by atoms with Gasteiger partial charge in [-0.15, -0.1) is 11.3 Å². The molecule has 0 aliphatic heterocycles. The molecule has 0 radical (unpaired) electrons. The van der Waals surface area contributed by atoms with Crippen molar-refractivity contribution in [3.05, 3.63) is 41.4 Å². The lowest BCUT2D eigenvalue weighted by Crippen LogP contribution is -2.33. The minimum Gasteiger partial charge on any atom is -0.393 e. The van der Waals surface area contributed by atoms with E-state index in [2.05, 4.69) is 10.3 Å². The Hall–Kier alpha value is -1.72. The average Bonchev–Trinajstić information content (AvgIpc) is 3.04. The normalized spacial score (nSPS) is 21.5. The van der Waals surface area contributed by atoms with Gasteiger partial charge in [0, 0.05) is 17.5 Å². The minimum absolute atomic E-state index is 0.126. The van der Waals surface area contributed by atoms with Gasteiger partial charge in [-0.1, -0.05) is 36.8 Å². The summed E-state index contributed by atoms with van der Waals surface area (Å²) in [6, 6.07) is 9.87. The third-order valence-corrected chi connectivity index (χ3v) is 4.96. The number of benzene rings is 1. The number of thiazole rings is 1. The lowest BCUT2D eigenvalue weighted by Gasteiger charge is -2.25. The zero-order valence-electron chi connectivity index (χ0n) is 12.4. The number of hydrogen-bond donors (Lipinski definition) is 2. The van der Waals surface area contributed by atoms with Crippen molar-refractivity contribution in [1.29, 1.82) is 0 Å². The van der Waals surface area contributed by atoms with Gasteiger partial charge in [-0.05, 0) is 25.2 Å². The second-order valence-electron chi connectivity index (χ2n) is 5.80. The van der Waals surface area contributed by atoms with Crippen molar-refractivity contribution in [2.75, 3.05) is 6.54 Å². The molecule has 1 amide bonds. The van der Waals surface area contributed by atoms with E-state index in [0.717, 1.165) is 36.3 Å². The molecule has 5 heteroatoms. The Kier molecular flexibility index (Phi) is 4.85. The second-order valence-corrected chi connectivity index (χ2v) is 6.66. The van der Waals surface area contributed by atoms with Crippen molar-refractivity contribution in [3.63, 3.8) is 0 Å². The molecule has 0 spiro atoms. The van der Waals surface area contributed by atoms with Gasteiger partial charge in [0.15, 0.2) is 0 Å². The molecule has 2 unspecified atom stereocenters. The number of hydrogen-bond acceptors (Lipinski definition) is 4. The van der Waals surface area contributed by atoms with Gasteiger partial charge in [0.25, 0.3) is 5.91 Å². The van der Waals surface area contributed by atoms with E-state index in [1.807, 2.05) is 30.3 Å². The fourth-order valence-corrected chi connectivity index (χ4v) is 3.67. The summed E-state index contributed by atoms with van der Waals surface area (Å²) in [6.45, 7) is 0.619. The van der Waals surface area contributed by atoms with E-state index < -0.39 is 0 Å². The zero-order chi connectivity index (χ0) is 15.4. The van der Waals surface area contributed by atoms with Crippen LogP contribution < -0.4 is 5.32 Å². The first-order chi connectivity index (χ1) is 10.7. The van der Waals surface area contributed by atoms with Crippen LogP contribution in [-0.4, -0.2) is 28.6 Å². The van der Waals surface area contributed by atoms with Gasteiger partial charge in [0.2, 0.25) is 0 Å². The van der Waals surface area contributed by atoms with Crippen molar-refractivity contribution in [3.8, 4) is 10.6 Å². The number of nitrogens with one attached hydrogen (secondary N) is 1. The zero-order valence-corrected chi connectivity index (χ0v) is 13.2. The molecule has 22 heavy (non-hydrogen) atoms. The molecule has 4 nitrogen and oxygen atoms in total. The van der Waals surface area contributed by atoms with Crippen LogP contribution in [0.5, 0.6) is 0 Å². The molecule has 0 bridgehead atoms. The average molecular weight is 316 g/mol. The molecule has 2 atom stereocenters. The number of carbonyl (C=O) groups excluding carboxylic acids is 1. The molecule has 0 saturated heterocycles. The van der Waals surface area contributed by atoms with Crippen molar-refractivity contribution < 1.29 is 9.90 Å². The molecule has 2 aromatic rings. The summed E-state index contributed by atoms with van der Waals surface area (Å²) in [5.41, 5.74) is 1.50. The Morgan fingerprint density at radius 1 is 1.32 bits per heavy atom. The predicted octanol–water partition coefficient (Wildman–Crippen LogP) is 3.09. The van der Waals surface area contributed by atoms with E-state index in [1.54, 1.807) is 5.38 Å². The number of rotatable bonds is 4. The number of aromatic nitrogens is 1. The molecule has 1 saturated carbocycles. The lowest BCUT2D eigenvalue weighted by atomic mass is 9.87. The topological polar surface area (TPSA) is 62.2 Å². The van der Waals surface area contributed by atoms with Crippen LogP contribution in [0.15, 0.2) is 35.7 Å². The van der Waals surface area contributed by atoms with Crippen LogP contribution in [0.1, 0.15) is 36.2 Å². The van der Waals surface area contributed by atoms with E-state index in [4.69, 9.17) is 0 Å². The largest absolute Gasteiger partial charge is 0.393 e.